The van der Waals surface area contributed by atoms with E-state index in [9.17, 15) is 5.11 Å². The molecule has 1 aromatic carbocycles. The first-order valence-corrected chi connectivity index (χ1v) is 13.5. The first-order chi connectivity index (χ1) is 17.5. The third-order valence-electron chi connectivity index (χ3n) is 7.44. The first-order valence-electron chi connectivity index (χ1n) is 12.7. The summed E-state index contributed by atoms with van der Waals surface area (Å²) < 4.78 is 6.77. The number of aromatic amines is 1. The van der Waals surface area contributed by atoms with E-state index in [-0.39, 0.29) is 12.1 Å². The van der Waals surface area contributed by atoms with E-state index < -0.39 is 0 Å². The van der Waals surface area contributed by atoms with Crippen molar-refractivity contribution in [2.24, 2.45) is 0 Å². The molecule has 2 saturated heterocycles. The molecule has 2 N–H and O–H groups in total. The highest BCUT2D eigenvalue weighted by molar-refractivity contribution is 7.19. The highest BCUT2D eigenvalue weighted by Crippen LogP contribution is 2.36. The third kappa shape index (κ3) is 4.48. The summed E-state index contributed by atoms with van der Waals surface area (Å²) in [5.41, 5.74) is 2.81. The predicted molar refractivity (Wildman–Crippen MR) is 144 cm³/mol. The van der Waals surface area contributed by atoms with Crippen molar-refractivity contribution < 1.29 is 9.84 Å². The van der Waals surface area contributed by atoms with Crippen molar-refractivity contribution in [3.05, 3.63) is 35.3 Å². The number of nitrogens with one attached hydrogen (secondary N) is 1. The Morgan fingerprint density at radius 3 is 2.67 bits per heavy atom. The molecule has 0 amide bonds. The Bertz CT molecular complexity index is 1350. The van der Waals surface area contributed by atoms with Crippen LogP contribution in [-0.4, -0.2) is 99.7 Å². The number of hydrogen-bond acceptors (Lipinski definition) is 9. The smallest absolute Gasteiger partial charge is 0.162 e. The standard InChI is InChI=1S/C26H33N7O2S/c1-26(2,17-34)33-8-6-31(7-9-33)16-18-14-22-23(36-18)25(32-10-12-35-13-11-32)29-24(28-22)19-4-3-5-21-20(19)15-27-30-21/h3-5,14-15,34H,6-13,16-17H2,1-2H3,(H,27,30). The van der Waals surface area contributed by atoms with E-state index in [1.165, 1.54) is 4.88 Å². The Labute approximate surface area is 214 Å². The first kappa shape index (κ1) is 23.7. The van der Waals surface area contributed by atoms with Crippen LogP contribution in [0.25, 0.3) is 32.5 Å². The van der Waals surface area contributed by atoms with Crippen LogP contribution in [0.15, 0.2) is 30.5 Å². The van der Waals surface area contributed by atoms with Crippen LogP contribution in [0.2, 0.25) is 0 Å². The highest BCUT2D eigenvalue weighted by atomic mass is 32.1. The van der Waals surface area contributed by atoms with Gasteiger partial charge in [0.1, 0.15) is 0 Å². The Morgan fingerprint density at radius 2 is 1.89 bits per heavy atom. The number of rotatable bonds is 6. The van der Waals surface area contributed by atoms with Crippen molar-refractivity contribution in [3.8, 4) is 11.4 Å². The molecule has 0 saturated carbocycles. The van der Waals surface area contributed by atoms with E-state index in [0.717, 1.165) is 84.1 Å². The number of piperazine rings is 1. The summed E-state index contributed by atoms with van der Waals surface area (Å²) >= 11 is 1.81. The molecule has 0 atom stereocenters. The van der Waals surface area contributed by atoms with Gasteiger partial charge in [0.25, 0.3) is 0 Å². The van der Waals surface area contributed by atoms with Gasteiger partial charge in [0.15, 0.2) is 11.6 Å². The van der Waals surface area contributed by atoms with Crippen LogP contribution in [0.5, 0.6) is 0 Å². The van der Waals surface area contributed by atoms with Gasteiger partial charge in [-0.15, -0.1) is 11.3 Å². The largest absolute Gasteiger partial charge is 0.394 e. The maximum Gasteiger partial charge on any atom is 0.162 e. The lowest BCUT2D eigenvalue weighted by atomic mass is 10.0. The van der Waals surface area contributed by atoms with Crippen molar-refractivity contribution in [2.45, 2.75) is 25.9 Å². The number of H-pyrrole nitrogens is 1. The zero-order valence-corrected chi connectivity index (χ0v) is 21.7. The van der Waals surface area contributed by atoms with Crippen LogP contribution in [0, 0.1) is 0 Å². The van der Waals surface area contributed by atoms with Gasteiger partial charge in [-0.3, -0.25) is 14.9 Å². The minimum absolute atomic E-state index is 0.166. The number of ether oxygens (including phenoxy) is 1. The van der Waals surface area contributed by atoms with Gasteiger partial charge in [-0.2, -0.15) is 5.10 Å². The lowest BCUT2D eigenvalue weighted by Crippen LogP contribution is -2.55. The Kier molecular flexibility index (Phi) is 6.38. The van der Waals surface area contributed by atoms with Gasteiger partial charge in [-0.1, -0.05) is 12.1 Å². The second-order valence-electron chi connectivity index (χ2n) is 10.3. The summed E-state index contributed by atoms with van der Waals surface area (Å²) in [6, 6.07) is 8.36. The third-order valence-corrected chi connectivity index (χ3v) is 8.54. The topological polar surface area (TPSA) is 93.6 Å². The molecule has 3 aromatic heterocycles. The number of anilines is 1. The lowest BCUT2D eigenvalue weighted by molar-refractivity contribution is 0.0151. The molecule has 0 unspecified atom stereocenters. The van der Waals surface area contributed by atoms with Gasteiger partial charge >= 0.3 is 0 Å². The average Bonchev–Trinajstić information content (AvgIpc) is 3.55. The quantitative estimate of drug-likeness (QED) is 0.412. The maximum absolute atomic E-state index is 9.73. The van der Waals surface area contributed by atoms with E-state index in [0.29, 0.717) is 13.2 Å². The molecule has 10 heteroatoms. The molecule has 5 heterocycles. The zero-order valence-electron chi connectivity index (χ0n) is 20.9. The molecule has 2 aliphatic heterocycles. The molecule has 2 aliphatic rings. The highest BCUT2D eigenvalue weighted by Gasteiger charge is 2.29. The van der Waals surface area contributed by atoms with Crippen molar-refractivity contribution >= 4 is 38.3 Å². The molecule has 4 aromatic rings. The van der Waals surface area contributed by atoms with Crippen LogP contribution in [0.4, 0.5) is 5.82 Å². The van der Waals surface area contributed by atoms with Crippen LogP contribution < -0.4 is 4.90 Å². The number of morpholine rings is 1. The number of fused-ring (bicyclic) bond motifs is 2. The van der Waals surface area contributed by atoms with Gasteiger partial charge < -0.3 is 14.7 Å². The molecule has 36 heavy (non-hydrogen) atoms. The number of aliphatic hydroxyl groups is 1. The van der Waals surface area contributed by atoms with Crippen LogP contribution in [0.3, 0.4) is 0 Å². The lowest BCUT2D eigenvalue weighted by Gasteiger charge is -2.43. The summed E-state index contributed by atoms with van der Waals surface area (Å²) in [5.74, 6) is 1.74. The van der Waals surface area contributed by atoms with E-state index in [1.54, 1.807) is 0 Å². The van der Waals surface area contributed by atoms with Gasteiger partial charge in [0.2, 0.25) is 0 Å². The molecule has 9 nitrogen and oxygen atoms in total. The average molecular weight is 508 g/mol. The minimum Gasteiger partial charge on any atom is -0.394 e. The van der Waals surface area contributed by atoms with Crippen molar-refractivity contribution in [1.82, 2.24) is 30.0 Å². The summed E-state index contributed by atoms with van der Waals surface area (Å²) in [5, 5.41) is 18.0. The number of aromatic nitrogens is 4. The van der Waals surface area contributed by atoms with Gasteiger partial charge in [-0.25, -0.2) is 9.97 Å². The van der Waals surface area contributed by atoms with Gasteiger partial charge in [-0.05, 0) is 26.0 Å². The number of thiophene rings is 1. The number of benzene rings is 1. The molecule has 0 aliphatic carbocycles. The molecule has 0 bridgehead atoms. The summed E-state index contributed by atoms with van der Waals surface area (Å²) in [4.78, 5) is 18.7. The van der Waals surface area contributed by atoms with E-state index in [4.69, 9.17) is 14.7 Å². The molecular formula is C26H33N7O2S. The normalized spacial score (nSPS) is 18.5. The van der Waals surface area contributed by atoms with Crippen molar-refractivity contribution in [3.63, 3.8) is 0 Å². The molecular weight excluding hydrogens is 474 g/mol. The molecule has 0 spiro atoms. The van der Waals surface area contributed by atoms with E-state index in [1.807, 2.05) is 29.7 Å². The summed E-state index contributed by atoms with van der Waals surface area (Å²) in [6.45, 7) is 12.3. The van der Waals surface area contributed by atoms with Gasteiger partial charge in [0, 0.05) is 67.2 Å². The van der Waals surface area contributed by atoms with Gasteiger partial charge in [0.05, 0.1) is 41.8 Å². The Morgan fingerprint density at radius 1 is 1.08 bits per heavy atom. The number of nitrogens with zero attached hydrogens (tertiary/aromatic N) is 6. The minimum atomic E-state index is -0.166. The Hall–Kier alpha value is -2.63. The molecule has 6 rings (SSSR count). The second-order valence-corrected chi connectivity index (χ2v) is 11.4. The predicted octanol–water partition coefficient (Wildman–Crippen LogP) is 2.96. The van der Waals surface area contributed by atoms with Crippen LogP contribution in [-0.2, 0) is 11.3 Å². The molecule has 0 radical (unpaired) electrons. The van der Waals surface area contributed by atoms with Crippen LogP contribution >= 0.6 is 11.3 Å². The summed E-state index contributed by atoms with van der Waals surface area (Å²) in [6.07, 6.45) is 1.85. The fourth-order valence-corrected chi connectivity index (χ4v) is 6.30. The Balaban J connectivity index is 1.32. The second kappa shape index (κ2) is 9.68. The zero-order chi connectivity index (χ0) is 24.7. The van der Waals surface area contributed by atoms with E-state index in [2.05, 4.69) is 50.9 Å². The van der Waals surface area contributed by atoms with Crippen LogP contribution in [0.1, 0.15) is 18.7 Å². The summed E-state index contributed by atoms with van der Waals surface area (Å²) in [7, 11) is 0. The van der Waals surface area contributed by atoms with E-state index >= 15 is 0 Å². The monoisotopic (exact) mass is 507 g/mol. The fourth-order valence-electron chi connectivity index (χ4n) is 5.15. The molecule has 190 valence electrons. The number of hydrogen-bond donors (Lipinski definition) is 2. The SMILES string of the molecule is CC(C)(CO)N1CCN(Cc2cc3nc(-c4cccc5[nH]ncc45)nc(N4CCOCC4)c3s2)CC1. The fraction of sp³-hybridized carbons (Fsp3) is 0.500. The van der Waals surface area contributed by atoms with Crippen molar-refractivity contribution in [2.75, 3.05) is 64.0 Å². The number of aliphatic hydroxyl groups excluding tert-OH is 1. The maximum atomic E-state index is 9.73. The van der Waals surface area contributed by atoms with Crippen molar-refractivity contribution in [1.29, 1.82) is 0 Å². The molecule has 2 fully saturated rings.